The van der Waals surface area contributed by atoms with Gasteiger partial charge in [-0.25, -0.2) is 4.79 Å². The molecule has 3 rings (SSSR count). The first-order valence-corrected chi connectivity index (χ1v) is 9.55. The standard InChI is InChI=1S/C21H17ClF3N3O4/c1-11(29)26-16-9-14(32-10-12-3-5-13(22)6-4-12)7-8-15(16)17-18(21(23,24)25)28(2)20(31)27-19(17)30/h3-9H,10H2,1-2H3,(H,26,29)(H,27,30,31). The van der Waals surface area contributed by atoms with Gasteiger partial charge in [-0.3, -0.25) is 19.1 Å². The first-order chi connectivity index (χ1) is 15.0. The van der Waals surface area contributed by atoms with Crippen molar-refractivity contribution in [1.29, 1.82) is 0 Å². The number of aromatic nitrogens is 2. The maximum absolute atomic E-state index is 13.7. The van der Waals surface area contributed by atoms with E-state index in [2.05, 4.69) is 5.32 Å². The van der Waals surface area contributed by atoms with Crippen molar-refractivity contribution in [3.8, 4) is 16.9 Å². The van der Waals surface area contributed by atoms with Crippen LogP contribution < -0.4 is 21.3 Å². The molecule has 11 heteroatoms. The molecule has 0 saturated heterocycles. The summed E-state index contributed by atoms with van der Waals surface area (Å²) in [6.07, 6.45) is -5.01. The third-order valence-corrected chi connectivity index (χ3v) is 4.73. The molecule has 7 nitrogen and oxygen atoms in total. The highest BCUT2D eigenvalue weighted by molar-refractivity contribution is 6.30. The van der Waals surface area contributed by atoms with Crippen LogP contribution >= 0.6 is 11.6 Å². The summed E-state index contributed by atoms with van der Waals surface area (Å²) in [5.74, 6) is -0.335. The molecule has 0 spiro atoms. The quantitative estimate of drug-likeness (QED) is 0.594. The lowest BCUT2D eigenvalue weighted by Crippen LogP contribution is -2.35. The molecule has 0 fully saturated rings. The molecule has 0 saturated carbocycles. The Kier molecular flexibility index (Phi) is 6.45. The summed E-state index contributed by atoms with van der Waals surface area (Å²) < 4.78 is 47.2. The van der Waals surface area contributed by atoms with Crippen molar-refractivity contribution in [3.05, 3.63) is 79.6 Å². The average Bonchev–Trinajstić information content (AvgIpc) is 2.69. The zero-order valence-electron chi connectivity index (χ0n) is 16.8. The summed E-state index contributed by atoms with van der Waals surface area (Å²) in [6, 6.07) is 10.7. The Morgan fingerprint density at radius 1 is 1.16 bits per heavy atom. The monoisotopic (exact) mass is 467 g/mol. The van der Waals surface area contributed by atoms with Crippen LogP contribution in [0.4, 0.5) is 18.9 Å². The number of ether oxygens (including phenoxy) is 1. The molecule has 0 aliphatic heterocycles. The van der Waals surface area contributed by atoms with Crippen molar-refractivity contribution in [2.75, 3.05) is 5.32 Å². The zero-order chi connectivity index (χ0) is 23.6. The number of hydrogen-bond donors (Lipinski definition) is 2. The number of anilines is 1. The molecule has 1 aromatic heterocycles. The second-order valence-electron chi connectivity index (χ2n) is 6.84. The van der Waals surface area contributed by atoms with Crippen LogP contribution in [0, 0.1) is 0 Å². The normalized spacial score (nSPS) is 11.3. The highest BCUT2D eigenvalue weighted by atomic mass is 35.5. The molecule has 2 aromatic carbocycles. The number of H-pyrrole nitrogens is 1. The van der Waals surface area contributed by atoms with Gasteiger partial charge in [0.2, 0.25) is 5.91 Å². The van der Waals surface area contributed by atoms with Crippen molar-refractivity contribution in [2.24, 2.45) is 7.05 Å². The molecule has 0 radical (unpaired) electrons. The van der Waals surface area contributed by atoms with Crippen molar-refractivity contribution in [3.63, 3.8) is 0 Å². The van der Waals surface area contributed by atoms with E-state index in [4.69, 9.17) is 16.3 Å². The minimum Gasteiger partial charge on any atom is -0.489 e. The minimum atomic E-state index is -5.01. The topological polar surface area (TPSA) is 93.2 Å². The highest BCUT2D eigenvalue weighted by Crippen LogP contribution is 2.38. The Labute approximate surface area is 184 Å². The Balaban J connectivity index is 2.10. The molecular formula is C21H17ClF3N3O4. The molecular weight excluding hydrogens is 451 g/mol. The molecule has 0 aliphatic rings. The van der Waals surface area contributed by atoms with Crippen LogP contribution in [0.1, 0.15) is 18.2 Å². The fourth-order valence-electron chi connectivity index (χ4n) is 3.07. The maximum Gasteiger partial charge on any atom is 0.432 e. The zero-order valence-corrected chi connectivity index (χ0v) is 17.6. The van der Waals surface area contributed by atoms with Crippen LogP contribution in [0.5, 0.6) is 5.75 Å². The van der Waals surface area contributed by atoms with E-state index in [1.165, 1.54) is 25.1 Å². The van der Waals surface area contributed by atoms with Crippen LogP contribution in [0.3, 0.4) is 0 Å². The van der Waals surface area contributed by atoms with E-state index >= 15 is 0 Å². The largest absolute Gasteiger partial charge is 0.489 e. The minimum absolute atomic E-state index is 0.0826. The molecule has 168 valence electrons. The number of amides is 1. The molecule has 0 unspecified atom stereocenters. The summed E-state index contributed by atoms with van der Waals surface area (Å²) >= 11 is 5.84. The lowest BCUT2D eigenvalue weighted by atomic mass is 10.0. The van der Waals surface area contributed by atoms with Gasteiger partial charge in [-0.05, 0) is 29.8 Å². The van der Waals surface area contributed by atoms with Gasteiger partial charge in [0.25, 0.3) is 5.56 Å². The predicted molar refractivity (Wildman–Crippen MR) is 113 cm³/mol. The number of carbonyl (C=O) groups excluding carboxylic acids is 1. The van der Waals surface area contributed by atoms with E-state index in [-0.39, 0.29) is 23.6 Å². The highest BCUT2D eigenvalue weighted by Gasteiger charge is 2.39. The van der Waals surface area contributed by atoms with Gasteiger partial charge in [-0.1, -0.05) is 23.7 Å². The number of carbonyl (C=O) groups is 1. The number of nitrogens with one attached hydrogen (secondary N) is 2. The number of nitrogens with zero attached hydrogens (tertiary/aromatic N) is 1. The summed E-state index contributed by atoms with van der Waals surface area (Å²) in [5.41, 5.74) is -4.20. The lowest BCUT2D eigenvalue weighted by Gasteiger charge is -2.18. The Hall–Kier alpha value is -3.53. The first-order valence-electron chi connectivity index (χ1n) is 9.17. The van der Waals surface area contributed by atoms with E-state index in [9.17, 15) is 27.6 Å². The Bertz CT molecular complexity index is 1280. The molecule has 0 bridgehead atoms. The third kappa shape index (κ3) is 5.02. The fourth-order valence-corrected chi connectivity index (χ4v) is 3.20. The van der Waals surface area contributed by atoms with Gasteiger partial charge >= 0.3 is 11.9 Å². The number of rotatable bonds is 5. The van der Waals surface area contributed by atoms with Gasteiger partial charge in [0, 0.05) is 30.6 Å². The molecule has 1 heterocycles. The van der Waals surface area contributed by atoms with Gasteiger partial charge in [-0.2, -0.15) is 13.2 Å². The van der Waals surface area contributed by atoms with Crippen LogP contribution in [-0.2, 0) is 24.6 Å². The molecule has 3 aromatic rings. The van der Waals surface area contributed by atoms with Crippen LogP contribution in [-0.4, -0.2) is 15.5 Å². The number of halogens is 4. The first kappa shape index (κ1) is 23.1. The molecule has 0 atom stereocenters. The molecule has 0 aliphatic carbocycles. The number of alkyl halides is 3. The van der Waals surface area contributed by atoms with Crippen molar-refractivity contribution < 1.29 is 22.7 Å². The van der Waals surface area contributed by atoms with E-state index in [1.54, 1.807) is 24.3 Å². The molecule has 32 heavy (non-hydrogen) atoms. The fraction of sp³-hybridized carbons (Fsp3) is 0.190. The second-order valence-corrected chi connectivity index (χ2v) is 7.28. The van der Waals surface area contributed by atoms with Gasteiger partial charge in [0.05, 0.1) is 11.3 Å². The van der Waals surface area contributed by atoms with Crippen molar-refractivity contribution in [2.45, 2.75) is 19.7 Å². The summed E-state index contributed by atoms with van der Waals surface area (Å²) in [6.45, 7) is 1.30. The number of aromatic amines is 1. The lowest BCUT2D eigenvalue weighted by molar-refractivity contribution is -0.143. The van der Waals surface area contributed by atoms with Crippen LogP contribution in [0.2, 0.25) is 5.02 Å². The van der Waals surface area contributed by atoms with Gasteiger partial charge in [0.1, 0.15) is 18.1 Å². The smallest absolute Gasteiger partial charge is 0.432 e. The summed E-state index contributed by atoms with van der Waals surface area (Å²) in [7, 11) is 0.895. The molecule has 2 N–H and O–H groups in total. The Morgan fingerprint density at radius 2 is 1.81 bits per heavy atom. The second kappa shape index (κ2) is 8.91. The van der Waals surface area contributed by atoms with E-state index in [1.807, 2.05) is 4.98 Å². The van der Waals surface area contributed by atoms with E-state index in [0.717, 1.165) is 12.6 Å². The summed E-state index contributed by atoms with van der Waals surface area (Å²) in [4.78, 5) is 37.7. The summed E-state index contributed by atoms with van der Waals surface area (Å²) in [5, 5.41) is 2.96. The van der Waals surface area contributed by atoms with E-state index < -0.39 is 34.6 Å². The predicted octanol–water partition coefficient (Wildman–Crippen LogP) is 3.95. The number of benzene rings is 2. The SMILES string of the molecule is CC(=O)Nc1cc(OCc2ccc(Cl)cc2)ccc1-c1c(C(F)(F)F)n(C)c(=O)[nH]c1=O. The average molecular weight is 468 g/mol. The van der Waals surface area contributed by atoms with E-state index in [0.29, 0.717) is 9.59 Å². The van der Waals surface area contributed by atoms with Crippen molar-refractivity contribution >= 4 is 23.2 Å². The van der Waals surface area contributed by atoms with Crippen molar-refractivity contribution in [1.82, 2.24) is 9.55 Å². The molecule has 1 amide bonds. The van der Waals surface area contributed by atoms with Gasteiger partial charge in [0.15, 0.2) is 0 Å². The third-order valence-electron chi connectivity index (χ3n) is 4.48. The van der Waals surface area contributed by atoms with Gasteiger partial charge in [-0.15, -0.1) is 0 Å². The van der Waals surface area contributed by atoms with Gasteiger partial charge < -0.3 is 10.1 Å². The van der Waals surface area contributed by atoms with Crippen LogP contribution in [0.25, 0.3) is 11.1 Å². The van der Waals surface area contributed by atoms with Crippen LogP contribution in [0.15, 0.2) is 52.1 Å². The maximum atomic E-state index is 13.7. The Morgan fingerprint density at radius 3 is 2.41 bits per heavy atom. The number of hydrogen-bond acceptors (Lipinski definition) is 4.